The van der Waals surface area contributed by atoms with E-state index < -0.39 is 5.97 Å². The van der Waals surface area contributed by atoms with Gasteiger partial charge in [0.15, 0.2) is 11.9 Å². The fourth-order valence-electron chi connectivity index (χ4n) is 3.34. The van der Waals surface area contributed by atoms with E-state index in [1.807, 2.05) is 74.9 Å². The van der Waals surface area contributed by atoms with Crippen molar-refractivity contribution in [3.8, 4) is 11.1 Å². The molecule has 0 saturated carbocycles. The third kappa shape index (κ3) is 4.60. The van der Waals surface area contributed by atoms with Gasteiger partial charge in [-0.05, 0) is 39.3 Å². The van der Waals surface area contributed by atoms with E-state index in [-0.39, 0.29) is 19.1 Å². The van der Waals surface area contributed by atoms with E-state index >= 15 is 0 Å². The van der Waals surface area contributed by atoms with Crippen LogP contribution in [-0.4, -0.2) is 18.5 Å². The third-order valence-electron chi connectivity index (χ3n) is 5.08. The van der Waals surface area contributed by atoms with Crippen LogP contribution < -0.4 is 9.88 Å². The molecular weight excluding hydrogens is 396 g/mol. The molecule has 3 aromatic rings. The molecule has 6 heteroatoms. The Morgan fingerprint density at radius 3 is 2.43 bits per heavy atom. The molecule has 156 valence electrons. The van der Waals surface area contributed by atoms with Gasteiger partial charge in [0.05, 0.1) is 6.61 Å². The van der Waals surface area contributed by atoms with Crippen LogP contribution in [0.3, 0.4) is 0 Å². The number of nitrogens with zero attached hydrogens (tertiary/aromatic N) is 1. The lowest BCUT2D eigenvalue weighted by Crippen LogP contribution is -2.43. The number of hydrogen-bond donors (Lipinski definition) is 1. The van der Waals surface area contributed by atoms with Crippen LogP contribution in [0.25, 0.3) is 11.1 Å². The van der Waals surface area contributed by atoms with Crippen molar-refractivity contribution in [3.63, 3.8) is 0 Å². The highest BCUT2D eigenvalue weighted by molar-refractivity contribution is 7.17. The summed E-state index contributed by atoms with van der Waals surface area (Å²) in [6.45, 7) is 10.2. The third-order valence-corrected chi connectivity index (χ3v) is 6.11. The minimum Gasteiger partial charge on any atom is -0.462 e. The van der Waals surface area contributed by atoms with Crippen molar-refractivity contribution < 1.29 is 18.9 Å². The lowest BCUT2D eigenvalue weighted by molar-refractivity contribution is -0.690. The van der Waals surface area contributed by atoms with Gasteiger partial charge < -0.3 is 10.1 Å². The van der Waals surface area contributed by atoms with Crippen molar-refractivity contribution in [3.05, 3.63) is 69.9 Å². The summed E-state index contributed by atoms with van der Waals surface area (Å²) >= 11 is 1.40. The maximum Gasteiger partial charge on any atom is 0.341 e. The minimum atomic E-state index is -0.424. The highest BCUT2D eigenvalue weighted by Gasteiger charge is 2.26. The van der Waals surface area contributed by atoms with E-state index in [0.717, 1.165) is 32.8 Å². The molecule has 0 bridgehead atoms. The monoisotopic (exact) mass is 423 g/mol. The summed E-state index contributed by atoms with van der Waals surface area (Å²) in [5.74, 6) is -0.608. The lowest BCUT2D eigenvalue weighted by atomic mass is 10.0. The molecular formula is C24H27N2O3S+. The number of pyridine rings is 1. The van der Waals surface area contributed by atoms with Gasteiger partial charge in [0, 0.05) is 29.0 Å². The van der Waals surface area contributed by atoms with Crippen molar-refractivity contribution >= 4 is 28.2 Å². The van der Waals surface area contributed by atoms with Gasteiger partial charge in [-0.2, -0.15) is 4.57 Å². The molecule has 1 N–H and O–H groups in total. The van der Waals surface area contributed by atoms with Gasteiger partial charge in [-0.3, -0.25) is 4.79 Å². The Kier molecular flexibility index (Phi) is 6.67. The number of carbonyl (C=O) groups excluding carboxylic acids is 2. The van der Waals surface area contributed by atoms with Crippen LogP contribution in [0.1, 0.15) is 39.0 Å². The zero-order valence-electron chi connectivity index (χ0n) is 18.0. The Morgan fingerprint density at radius 2 is 1.77 bits per heavy atom. The zero-order chi connectivity index (χ0) is 21.8. The fourth-order valence-corrected chi connectivity index (χ4v) is 4.42. The number of aryl methyl sites for hydroxylation is 3. The van der Waals surface area contributed by atoms with E-state index in [1.54, 1.807) is 6.92 Å². The number of amides is 1. The normalized spacial score (nSPS) is 10.7. The standard InChI is InChI=1S/C24H26N2O3S/c1-6-29-24(28)22-21(19-11-9-15(2)10-12-19)18(5)30-23(22)25-20(27)14-26-13-7-8-16(3)17(26)4/h7-13H,6,14H2,1-5H3/p+1. The predicted molar refractivity (Wildman–Crippen MR) is 120 cm³/mol. The first-order chi connectivity index (χ1) is 14.3. The Labute approximate surface area is 181 Å². The summed E-state index contributed by atoms with van der Waals surface area (Å²) in [4.78, 5) is 26.6. The second-order valence-corrected chi connectivity index (χ2v) is 8.50. The van der Waals surface area contributed by atoms with Crippen LogP contribution in [0.4, 0.5) is 5.00 Å². The second-order valence-electron chi connectivity index (χ2n) is 7.28. The van der Waals surface area contributed by atoms with Gasteiger partial charge in [-0.15, -0.1) is 11.3 Å². The Bertz CT molecular complexity index is 1080. The molecule has 0 aliphatic heterocycles. The summed E-state index contributed by atoms with van der Waals surface area (Å²) in [5.41, 5.74) is 5.45. The molecule has 0 radical (unpaired) electrons. The van der Waals surface area contributed by atoms with Gasteiger partial charge in [0.25, 0.3) is 5.91 Å². The quantitative estimate of drug-likeness (QED) is 0.460. The molecule has 0 atom stereocenters. The molecule has 1 amide bonds. The van der Waals surface area contributed by atoms with Crippen molar-refractivity contribution in [1.29, 1.82) is 0 Å². The van der Waals surface area contributed by atoms with Crippen LogP contribution in [0.5, 0.6) is 0 Å². The van der Waals surface area contributed by atoms with Crippen molar-refractivity contribution in [2.24, 2.45) is 0 Å². The fraction of sp³-hybridized carbons (Fsp3) is 0.292. The predicted octanol–water partition coefficient (Wildman–Crippen LogP) is 4.75. The molecule has 5 nitrogen and oxygen atoms in total. The number of ether oxygens (including phenoxy) is 1. The molecule has 2 heterocycles. The van der Waals surface area contributed by atoms with E-state index in [1.165, 1.54) is 11.3 Å². The number of benzene rings is 1. The molecule has 30 heavy (non-hydrogen) atoms. The van der Waals surface area contributed by atoms with Crippen LogP contribution in [-0.2, 0) is 16.1 Å². The lowest BCUT2D eigenvalue weighted by Gasteiger charge is -2.09. The Morgan fingerprint density at radius 1 is 1.07 bits per heavy atom. The second kappa shape index (κ2) is 9.22. The first-order valence-corrected chi connectivity index (χ1v) is 10.8. The number of carbonyl (C=O) groups is 2. The highest BCUT2D eigenvalue weighted by atomic mass is 32.1. The van der Waals surface area contributed by atoms with E-state index in [9.17, 15) is 9.59 Å². The summed E-state index contributed by atoms with van der Waals surface area (Å²) < 4.78 is 7.21. The van der Waals surface area contributed by atoms with E-state index in [2.05, 4.69) is 5.32 Å². The minimum absolute atomic E-state index is 0.173. The molecule has 0 spiro atoms. The van der Waals surface area contributed by atoms with Gasteiger partial charge >= 0.3 is 5.97 Å². The summed E-state index contributed by atoms with van der Waals surface area (Å²) in [7, 11) is 0. The zero-order valence-corrected chi connectivity index (χ0v) is 18.9. The molecule has 0 aliphatic carbocycles. The van der Waals surface area contributed by atoms with Crippen LogP contribution >= 0.6 is 11.3 Å². The molecule has 2 aromatic heterocycles. The number of thiophene rings is 1. The van der Waals surface area contributed by atoms with E-state index in [4.69, 9.17) is 4.74 Å². The van der Waals surface area contributed by atoms with Gasteiger partial charge in [0.2, 0.25) is 6.54 Å². The van der Waals surface area contributed by atoms with Crippen molar-refractivity contribution in [1.82, 2.24) is 0 Å². The summed E-state index contributed by atoms with van der Waals surface area (Å²) in [5, 5.41) is 3.47. The van der Waals surface area contributed by atoms with Crippen LogP contribution in [0.15, 0.2) is 42.6 Å². The summed E-state index contributed by atoms with van der Waals surface area (Å²) in [6, 6.07) is 11.9. The largest absolute Gasteiger partial charge is 0.462 e. The molecule has 0 aliphatic rings. The van der Waals surface area contributed by atoms with Gasteiger partial charge in [-0.1, -0.05) is 29.8 Å². The van der Waals surface area contributed by atoms with Crippen molar-refractivity contribution in [2.75, 3.05) is 11.9 Å². The van der Waals surface area contributed by atoms with Crippen LogP contribution in [0.2, 0.25) is 0 Å². The molecule has 0 saturated heterocycles. The van der Waals surface area contributed by atoms with Crippen molar-refractivity contribution in [2.45, 2.75) is 41.2 Å². The molecule has 0 fully saturated rings. The van der Waals surface area contributed by atoms with Gasteiger partial charge in [-0.25, -0.2) is 4.79 Å². The number of esters is 1. The Hall–Kier alpha value is -2.99. The number of aromatic nitrogens is 1. The maximum atomic E-state index is 12.8. The number of hydrogen-bond acceptors (Lipinski definition) is 4. The highest BCUT2D eigenvalue weighted by Crippen LogP contribution is 2.40. The smallest absolute Gasteiger partial charge is 0.341 e. The van der Waals surface area contributed by atoms with Gasteiger partial charge in [0.1, 0.15) is 10.6 Å². The number of rotatable bonds is 6. The molecule has 1 aromatic carbocycles. The molecule has 3 rings (SSSR count). The number of anilines is 1. The average molecular weight is 424 g/mol. The maximum absolute atomic E-state index is 12.8. The SMILES string of the molecule is CCOC(=O)c1c(NC(=O)C[n+]2cccc(C)c2C)sc(C)c1-c1ccc(C)cc1. The Balaban J connectivity index is 1.96. The van der Waals surface area contributed by atoms with Crippen LogP contribution in [0, 0.1) is 27.7 Å². The molecule has 0 unspecified atom stereocenters. The topological polar surface area (TPSA) is 59.3 Å². The average Bonchev–Trinajstić information content (AvgIpc) is 3.02. The number of nitrogens with one attached hydrogen (secondary N) is 1. The first kappa shape index (κ1) is 21.7. The summed E-state index contributed by atoms with van der Waals surface area (Å²) in [6.07, 6.45) is 1.88. The first-order valence-electron chi connectivity index (χ1n) is 9.94. The van der Waals surface area contributed by atoms with E-state index in [0.29, 0.717) is 10.6 Å².